The number of rotatable bonds is 1. The minimum absolute atomic E-state index is 0.0169. The number of anilines is 1. The molecular weight excluding hydrogens is 293 g/mol. The van der Waals surface area contributed by atoms with E-state index in [0.717, 1.165) is 0 Å². The lowest BCUT2D eigenvalue weighted by Crippen LogP contribution is -1.95. The molecule has 0 spiro atoms. The fourth-order valence-electron chi connectivity index (χ4n) is 1.72. The highest BCUT2D eigenvalue weighted by Gasteiger charge is 2.26. The SMILES string of the molecule is Nc1[nH]ncc1-c1c(Br)cc2c(c1F)OCO2. The van der Waals surface area contributed by atoms with Crippen LogP contribution in [0.3, 0.4) is 0 Å². The second-order valence-corrected chi connectivity index (χ2v) is 4.33. The molecule has 0 atom stereocenters. The number of hydrogen-bond acceptors (Lipinski definition) is 4. The zero-order valence-corrected chi connectivity index (χ0v) is 10.0. The summed E-state index contributed by atoms with van der Waals surface area (Å²) < 4.78 is 25.0. The highest BCUT2D eigenvalue weighted by Crippen LogP contribution is 2.45. The Balaban J connectivity index is 2.28. The Morgan fingerprint density at radius 2 is 2.29 bits per heavy atom. The number of nitrogens with two attached hydrogens (primary N) is 1. The van der Waals surface area contributed by atoms with Gasteiger partial charge in [0.05, 0.1) is 6.20 Å². The molecule has 0 aliphatic carbocycles. The van der Waals surface area contributed by atoms with Crippen LogP contribution in [0, 0.1) is 5.82 Å². The van der Waals surface area contributed by atoms with Crippen LogP contribution in [0.2, 0.25) is 0 Å². The van der Waals surface area contributed by atoms with Gasteiger partial charge in [-0.1, -0.05) is 0 Å². The molecule has 2 heterocycles. The summed E-state index contributed by atoms with van der Waals surface area (Å²) in [7, 11) is 0. The molecule has 1 aliphatic rings. The first kappa shape index (κ1) is 10.4. The molecule has 7 heteroatoms. The predicted octanol–water partition coefficient (Wildman–Crippen LogP) is 2.29. The van der Waals surface area contributed by atoms with Gasteiger partial charge in [0.2, 0.25) is 12.5 Å². The average Bonchev–Trinajstić information content (AvgIpc) is 2.88. The number of benzene rings is 1. The van der Waals surface area contributed by atoms with Crippen LogP contribution in [0.25, 0.3) is 11.1 Å². The second kappa shape index (κ2) is 3.63. The Hall–Kier alpha value is -1.76. The van der Waals surface area contributed by atoms with Gasteiger partial charge in [0, 0.05) is 15.6 Å². The minimum atomic E-state index is -0.514. The summed E-state index contributed by atoms with van der Waals surface area (Å²) in [6.45, 7) is 0.0169. The Morgan fingerprint density at radius 1 is 1.47 bits per heavy atom. The fraction of sp³-hybridized carbons (Fsp3) is 0.100. The van der Waals surface area contributed by atoms with Gasteiger partial charge in [-0.3, -0.25) is 5.10 Å². The maximum absolute atomic E-state index is 14.2. The normalized spacial score (nSPS) is 13.1. The van der Waals surface area contributed by atoms with Crippen LogP contribution >= 0.6 is 15.9 Å². The van der Waals surface area contributed by atoms with E-state index in [0.29, 0.717) is 27.2 Å². The molecule has 0 saturated carbocycles. The number of nitrogens with zero attached hydrogens (tertiary/aromatic N) is 1. The van der Waals surface area contributed by atoms with Crippen LogP contribution < -0.4 is 15.2 Å². The first-order valence-corrected chi connectivity index (χ1v) is 5.54. The van der Waals surface area contributed by atoms with Crippen molar-refractivity contribution in [3.8, 4) is 22.6 Å². The molecule has 3 rings (SSSR count). The van der Waals surface area contributed by atoms with Crippen LogP contribution in [0.15, 0.2) is 16.7 Å². The number of halogens is 2. The molecule has 0 bridgehead atoms. The number of fused-ring (bicyclic) bond motifs is 1. The molecule has 17 heavy (non-hydrogen) atoms. The van der Waals surface area contributed by atoms with E-state index in [4.69, 9.17) is 15.2 Å². The summed E-state index contributed by atoms with van der Waals surface area (Å²) in [5, 5.41) is 6.32. The molecule has 0 unspecified atom stereocenters. The third-order valence-electron chi connectivity index (χ3n) is 2.50. The van der Waals surface area contributed by atoms with Gasteiger partial charge in [-0.25, -0.2) is 4.39 Å². The van der Waals surface area contributed by atoms with Crippen molar-refractivity contribution in [2.75, 3.05) is 12.5 Å². The van der Waals surface area contributed by atoms with Crippen molar-refractivity contribution in [1.29, 1.82) is 0 Å². The van der Waals surface area contributed by atoms with E-state index in [1.54, 1.807) is 6.07 Å². The van der Waals surface area contributed by atoms with Crippen molar-refractivity contribution in [3.63, 3.8) is 0 Å². The summed E-state index contributed by atoms with van der Waals surface area (Å²) in [4.78, 5) is 0. The van der Waals surface area contributed by atoms with Gasteiger partial charge in [-0.2, -0.15) is 5.10 Å². The van der Waals surface area contributed by atoms with E-state index in [-0.39, 0.29) is 12.5 Å². The van der Waals surface area contributed by atoms with Crippen LogP contribution in [0.5, 0.6) is 11.5 Å². The highest BCUT2D eigenvalue weighted by atomic mass is 79.9. The number of H-pyrrole nitrogens is 1. The Kier molecular flexibility index (Phi) is 2.22. The first-order valence-electron chi connectivity index (χ1n) is 4.75. The van der Waals surface area contributed by atoms with Crippen LogP contribution in [0.1, 0.15) is 0 Å². The number of aromatic nitrogens is 2. The van der Waals surface area contributed by atoms with Gasteiger partial charge in [0.25, 0.3) is 0 Å². The van der Waals surface area contributed by atoms with Crippen LogP contribution in [-0.2, 0) is 0 Å². The molecule has 88 valence electrons. The average molecular weight is 300 g/mol. The van der Waals surface area contributed by atoms with E-state index in [9.17, 15) is 4.39 Å². The van der Waals surface area contributed by atoms with E-state index in [1.807, 2.05) is 0 Å². The Bertz CT molecular complexity index is 599. The fourth-order valence-corrected chi connectivity index (χ4v) is 2.31. The number of nitrogen functional groups attached to an aromatic ring is 1. The molecule has 1 aromatic heterocycles. The Labute approximate surface area is 104 Å². The zero-order valence-electron chi connectivity index (χ0n) is 8.46. The maximum atomic E-state index is 14.2. The lowest BCUT2D eigenvalue weighted by atomic mass is 10.1. The monoisotopic (exact) mass is 299 g/mol. The van der Waals surface area contributed by atoms with Gasteiger partial charge < -0.3 is 15.2 Å². The number of nitrogens with one attached hydrogen (secondary N) is 1. The summed E-state index contributed by atoms with van der Waals surface area (Å²) in [6, 6.07) is 1.65. The molecule has 0 radical (unpaired) electrons. The third-order valence-corrected chi connectivity index (χ3v) is 3.12. The van der Waals surface area contributed by atoms with Gasteiger partial charge in [0.15, 0.2) is 11.6 Å². The second-order valence-electron chi connectivity index (χ2n) is 3.48. The van der Waals surface area contributed by atoms with Crippen molar-refractivity contribution in [2.24, 2.45) is 0 Å². The van der Waals surface area contributed by atoms with Crippen molar-refractivity contribution < 1.29 is 13.9 Å². The molecule has 0 fully saturated rings. The third kappa shape index (κ3) is 1.46. The van der Waals surface area contributed by atoms with Crippen LogP contribution in [-0.4, -0.2) is 17.0 Å². The molecular formula is C10H7BrFN3O2. The van der Waals surface area contributed by atoms with E-state index >= 15 is 0 Å². The van der Waals surface area contributed by atoms with Crippen molar-refractivity contribution >= 4 is 21.7 Å². The smallest absolute Gasteiger partial charge is 0.231 e. The van der Waals surface area contributed by atoms with E-state index < -0.39 is 5.82 Å². The van der Waals surface area contributed by atoms with Gasteiger partial charge in [0.1, 0.15) is 5.82 Å². The van der Waals surface area contributed by atoms with Gasteiger partial charge in [-0.15, -0.1) is 0 Å². The van der Waals surface area contributed by atoms with Crippen molar-refractivity contribution in [2.45, 2.75) is 0 Å². The van der Waals surface area contributed by atoms with Gasteiger partial charge in [-0.05, 0) is 22.0 Å². The summed E-state index contributed by atoms with van der Waals surface area (Å²) in [5.41, 5.74) is 6.46. The molecule has 1 aromatic carbocycles. The molecule has 5 nitrogen and oxygen atoms in total. The topological polar surface area (TPSA) is 73.2 Å². The standard InChI is InChI=1S/C10H7BrFN3O2/c11-5-1-6-9(17-3-16-6)8(12)7(5)4-2-14-15-10(4)13/h1-2H,3H2,(H3,13,14,15). The van der Waals surface area contributed by atoms with Gasteiger partial charge >= 0.3 is 0 Å². The molecule has 0 saturated heterocycles. The summed E-state index contributed by atoms with van der Waals surface area (Å²) in [6.07, 6.45) is 1.46. The largest absolute Gasteiger partial charge is 0.453 e. The van der Waals surface area contributed by atoms with Crippen molar-refractivity contribution in [3.05, 3.63) is 22.6 Å². The molecule has 0 amide bonds. The molecule has 1 aliphatic heterocycles. The van der Waals surface area contributed by atoms with E-state index in [1.165, 1.54) is 6.20 Å². The molecule has 3 N–H and O–H groups in total. The van der Waals surface area contributed by atoms with E-state index in [2.05, 4.69) is 26.1 Å². The zero-order chi connectivity index (χ0) is 12.0. The quantitative estimate of drug-likeness (QED) is 0.847. The Morgan fingerprint density at radius 3 is 3.00 bits per heavy atom. The highest BCUT2D eigenvalue weighted by molar-refractivity contribution is 9.10. The number of ether oxygens (including phenoxy) is 2. The number of hydrogen-bond donors (Lipinski definition) is 2. The lowest BCUT2D eigenvalue weighted by molar-refractivity contribution is 0.171. The summed E-state index contributed by atoms with van der Waals surface area (Å²) in [5.74, 6) is 0.257. The summed E-state index contributed by atoms with van der Waals surface area (Å²) >= 11 is 3.28. The minimum Gasteiger partial charge on any atom is -0.453 e. The molecule has 2 aromatic rings. The van der Waals surface area contributed by atoms with Crippen LogP contribution in [0.4, 0.5) is 10.2 Å². The predicted molar refractivity (Wildman–Crippen MR) is 62.2 cm³/mol. The maximum Gasteiger partial charge on any atom is 0.231 e. The number of aromatic amines is 1. The van der Waals surface area contributed by atoms with Crippen molar-refractivity contribution in [1.82, 2.24) is 10.2 Å². The lowest BCUT2D eigenvalue weighted by Gasteiger charge is -2.07. The first-order chi connectivity index (χ1) is 8.18.